The summed E-state index contributed by atoms with van der Waals surface area (Å²) in [4.78, 5) is 8.05. The quantitative estimate of drug-likeness (QED) is 0.540. The molecule has 6 nitrogen and oxygen atoms in total. The summed E-state index contributed by atoms with van der Waals surface area (Å²) >= 11 is 0. The molecule has 0 atom stereocenters. The van der Waals surface area contributed by atoms with Crippen LogP contribution in [0, 0.1) is 0 Å². The van der Waals surface area contributed by atoms with E-state index in [4.69, 9.17) is 15.7 Å². The molecule has 0 spiro atoms. The number of hydrogen-bond acceptors (Lipinski definition) is 6. The second-order valence-electron chi connectivity index (χ2n) is 3.57. The van der Waals surface area contributed by atoms with Gasteiger partial charge in [-0.05, 0) is 18.1 Å². The Hall–Kier alpha value is -2.18. The van der Waals surface area contributed by atoms with Gasteiger partial charge in [-0.25, -0.2) is 5.84 Å². The van der Waals surface area contributed by atoms with Crippen molar-refractivity contribution >= 4 is 5.82 Å². The van der Waals surface area contributed by atoms with Crippen LogP contribution in [0.1, 0.15) is 5.56 Å². The van der Waals surface area contributed by atoms with Crippen LogP contribution in [0.25, 0.3) is 0 Å². The Kier molecular flexibility index (Phi) is 4.06. The van der Waals surface area contributed by atoms with Gasteiger partial charge in [0.2, 0.25) is 5.88 Å². The fraction of sp³-hybridized carbons (Fsp3) is 0.167. The standard InChI is InChI=1S/C12H14N4O2/c13-16-11-7-14-8-12(15-11)18-10-4-2-1-3-9(10)5-6-17/h1-4,7-8,17H,5-6,13H2,(H,15,16). The van der Waals surface area contributed by atoms with Crippen LogP contribution in [0.3, 0.4) is 0 Å². The van der Waals surface area contributed by atoms with Gasteiger partial charge >= 0.3 is 0 Å². The maximum Gasteiger partial charge on any atom is 0.239 e. The molecule has 1 heterocycles. The van der Waals surface area contributed by atoms with Crippen molar-refractivity contribution < 1.29 is 9.84 Å². The molecule has 0 saturated carbocycles. The van der Waals surface area contributed by atoms with E-state index in [0.29, 0.717) is 23.9 Å². The number of hydrazine groups is 1. The second kappa shape index (κ2) is 5.95. The Bertz CT molecular complexity index is 519. The molecular weight excluding hydrogens is 232 g/mol. The van der Waals surface area contributed by atoms with E-state index >= 15 is 0 Å². The number of nitrogen functional groups attached to an aromatic ring is 1. The molecule has 4 N–H and O–H groups in total. The summed E-state index contributed by atoms with van der Waals surface area (Å²) in [6.45, 7) is 0.0659. The highest BCUT2D eigenvalue weighted by Gasteiger charge is 2.05. The fourth-order valence-electron chi connectivity index (χ4n) is 1.51. The van der Waals surface area contributed by atoms with Crippen LogP contribution in [-0.2, 0) is 6.42 Å². The van der Waals surface area contributed by atoms with Crippen molar-refractivity contribution in [3.63, 3.8) is 0 Å². The fourth-order valence-corrected chi connectivity index (χ4v) is 1.51. The molecule has 0 saturated heterocycles. The summed E-state index contributed by atoms with van der Waals surface area (Å²) < 4.78 is 5.62. The minimum Gasteiger partial charge on any atom is -0.437 e. The zero-order valence-electron chi connectivity index (χ0n) is 9.71. The number of ether oxygens (including phenoxy) is 1. The number of benzene rings is 1. The summed E-state index contributed by atoms with van der Waals surface area (Å²) in [5, 5.41) is 8.98. The third kappa shape index (κ3) is 2.93. The molecule has 0 aliphatic rings. The van der Waals surface area contributed by atoms with Gasteiger partial charge in [0.05, 0.1) is 12.4 Å². The third-order valence-corrected chi connectivity index (χ3v) is 2.33. The van der Waals surface area contributed by atoms with Crippen molar-refractivity contribution in [2.75, 3.05) is 12.0 Å². The molecule has 94 valence electrons. The molecule has 0 radical (unpaired) electrons. The van der Waals surface area contributed by atoms with Gasteiger partial charge in [-0.1, -0.05) is 18.2 Å². The van der Waals surface area contributed by atoms with Crippen molar-refractivity contribution in [1.29, 1.82) is 0 Å². The maximum absolute atomic E-state index is 8.98. The predicted molar refractivity (Wildman–Crippen MR) is 67.1 cm³/mol. The molecule has 1 aromatic carbocycles. The van der Waals surface area contributed by atoms with E-state index in [0.717, 1.165) is 5.56 Å². The summed E-state index contributed by atoms with van der Waals surface area (Å²) in [6, 6.07) is 7.45. The summed E-state index contributed by atoms with van der Waals surface area (Å²) in [5.41, 5.74) is 3.31. The van der Waals surface area contributed by atoms with E-state index in [1.54, 1.807) is 0 Å². The van der Waals surface area contributed by atoms with Crippen molar-refractivity contribution in [2.24, 2.45) is 5.84 Å². The van der Waals surface area contributed by atoms with E-state index in [9.17, 15) is 0 Å². The first-order chi connectivity index (χ1) is 8.83. The number of nitrogens with zero attached hydrogens (tertiary/aromatic N) is 2. The largest absolute Gasteiger partial charge is 0.437 e. The van der Waals surface area contributed by atoms with Crippen LogP contribution < -0.4 is 16.0 Å². The number of anilines is 1. The molecular formula is C12H14N4O2. The van der Waals surface area contributed by atoms with Gasteiger partial charge < -0.3 is 15.3 Å². The number of aliphatic hydroxyl groups is 1. The lowest BCUT2D eigenvalue weighted by atomic mass is 10.1. The highest BCUT2D eigenvalue weighted by atomic mass is 16.5. The van der Waals surface area contributed by atoms with Crippen LogP contribution in [-0.4, -0.2) is 21.7 Å². The maximum atomic E-state index is 8.98. The smallest absolute Gasteiger partial charge is 0.239 e. The molecule has 0 fully saturated rings. The number of hydrogen-bond donors (Lipinski definition) is 3. The highest BCUT2D eigenvalue weighted by Crippen LogP contribution is 2.24. The molecule has 2 rings (SSSR count). The van der Waals surface area contributed by atoms with Gasteiger partial charge in [-0.3, -0.25) is 4.98 Å². The number of rotatable bonds is 5. The lowest BCUT2D eigenvalue weighted by molar-refractivity contribution is 0.297. The van der Waals surface area contributed by atoms with Gasteiger partial charge in [0.1, 0.15) is 5.75 Å². The topological polar surface area (TPSA) is 93.3 Å². The highest BCUT2D eigenvalue weighted by molar-refractivity contribution is 5.37. The Labute approximate surface area is 104 Å². The van der Waals surface area contributed by atoms with Gasteiger partial charge in [-0.15, -0.1) is 0 Å². The van der Waals surface area contributed by atoms with Gasteiger partial charge in [0.15, 0.2) is 5.82 Å². The van der Waals surface area contributed by atoms with Crippen LogP contribution in [0.15, 0.2) is 36.7 Å². The van der Waals surface area contributed by atoms with Crippen molar-refractivity contribution in [3.05, 3.63) is 42.2 Å². The average Bonchev–Trinajstić information content (AvgIpc) is 2.41. The minimum atomic E-state index is 0.0659. The van der Waals surface area contributed by atoms with Gasteiger partial charge in [-0.2, -0.15) is 4.98 Å². The first kappa shape index (κ1) is 12.3. The van der Waals surface area contributed by atoms with E-state index in [1.807, 2.05) is 24.3 Å². The van der Waals surface area contributed by atoms with Crippen molar-refractivity contribution in [1.82, 2.24) is 9.97 Å². The third-order valence-electron chi connectivity index (χ3n) is 2.33. The Morgan fingerprint density at radius 2 is 2.11 bits per heavy atom. The lowest BCUT2D eigenvalue weighted by Crippen LogP contribution is -2.09. The summed E-state index contributed by atoms with van der Waals surface area (Å²) in [7, 11) is 0. The van der Waals surface area contributed by atoms with E-state index in [1.165, 1.54) is 12.4 Å². The second-order valence-corrected chi connectivity index (χ2v) is 3.57. The van der Waals surface area contributed by atoms with Crippen LogP contribution in [0.4, 0.5) is 5.82 Å². The Balaban J connectivity index is 2.22. The number of para-hydroxylation sites is 1. The summed E-state index contributed by atoms with van der Waals surface area (Å²) in [5.74, 6) is 6.66. The SMILES string of the molecule is NNc1cncc(Oc2ccccc2CCO)n1. The number of nitrogens with one attached hydrogen (secondary N) is 1. The van der Waals surface area contributed by atoms with E-state index < -0.39 is 0 Å². The van der Waals surface area contributed by atoms with Crippen LogP contribution >= 0.6 is 0 Å². The number of aromatic nitrogens is 2. The number of aliphatic hydroxyl groups excluding tert-OH is 1. The predicted octanol–water partition coefficient (Wildman–Crippen LogP) is 1.09. The van der Waals surface area contributed by atoms with E-state index in [-0.39, 0.29) is 6.61 Å². The molecule has 1 aromatic heterocycles. The lowest BCUT2D eigenvalue weighted by Gasteiger charge is -2.09. The molecule has 0 amide bonds. The molecule has 0 bridgehead atoms. The molecule has 2 aromatic rings. The first-order valence-corrected chi connectivity index (χ1v) is 5.49. The summed E-state index contributed by atoms with van der Waals surface area (Å²) in [6.07, 6.45) is 3.52. The molecule has 6 heteroatoms. The minimum absolute atomic E-state index is 0.0659. The molecule has 0 unspecified atom stereocenters. The molecule has 0 aliphatic heterocycles. The zero-order chi connectivity index (χ0) is 12.8. The normalized spacial score (nSPS) is 10.1. The average molecular weight is 246 g/mol. The van der Waals surface area contributed by atoms with Crippen LogP contribution in [0.5, 0.6) is 11.6 Å². The van der Waals surface area contributed by atoms with Crippen molar-refractivity contribution in [2.45, 2.75) is 6.42 Å². The molecule has 0 aliphatic carbocycles. The van der Waals surface area contributed by atoms with Crippen LogP contribution in [0.2, 0.25) is 0 Å². The van der Waals surface area contributed by atoms with Gasteiger partial charge in [0.25, 0.3) is 0 Å². The Morgan fingerprint density at radius 3 is 2.89 bits per heavy atom. The van der Waals surface area contributed by atoms with Crippen molar-refractivity contribution in [3.8, 4) is 11.6 Å². The number of nitrogens with two attached hydrogens (primary N) is 1. The van der Waals surface area contributed by atoms with Gasteiger partial charge in [0, 0.05) is 6.61 Å². The van der Waals surface area contributed by atoms with E-state index in [2.05, 4.69) is 15.4 Å². The molecule has 18 heavy (non-hydrogen) atoms. The zero-order valence-corrected chi connectivity index (χ0v) is 9.71. The Morgan fingerprint density at radius 1 is 1.28 bits per heavy atom. The first-order valence-electron chi connectivity index (χ1n) is 5.49. The monoisotopic (exact) mass is 246 g/mol.